The van der Waals surface area contributed by atoms with Crippen molar-refractivity contribution >= 4 is 21.8 Å². The molecule has 1 N–H and O–H groups in total. The second kappa shape index (κ2) is 5.48. The minimum Gasteiger partial charge on any atom is -0.367 e. The van der Waals surface area contributed by atoms with Gasteiger partial charge in [0.1, 0.15) is 0 Å². The van der Waals surface area contributed by atoms with Gasteiger partial charge in [-0.05, 0) is 37.5 Å². The van der Waals surface area contributed by atoms with Gasteiger partial charge in [-0.3, -0.25) is 4.99 Å². The molecule has 0 amide bonds. The van der Waals surface area contributed by atoms with Crippen LogP contribution in [0.3, 0.4) is 0 Å². The summed E-state index contributed by atoms with van der Waals surface area (Å²) in [7, 11) is 0. The maximum atomic E-state index is 4.51. The highest BCUT2D eigenvalue weighted by molar-refractivity contribution is 9.10. The molecule has 0 radical (unpaired) electrons. The summed E-state index contributed by atoms with van der Waals surface area (Å²) in [6.45, 7) is 3.16. The lowest BCUT2D eigenvalue weighted by Gasteiger charge is -2.20. The van der Waals surface area contributed by atoms with Crippen molar-refractivity contribution in [3.05, 3.63) is 34.3 Å². The van der Waals surface area contributed by atoms with Gasteiger partial charge >= 0.3 is 0 Å². The van der Waals surface area contributed by atoms with Crippen LogP contribution in [-0.4, -0.2) is 12.4 Å². The van der Waals surface area contributed by atoms with E-state index in [4.69, 9.17) is 0 Å². The van der Waals surface area contributed by atoms with Gasteiger partial charge in [0.15, 0.2) is 0 Å². The lowest BCUT2D eigenvalue weighted by molar-refractivity contribution is 0.656. The quantitative estimate of drug-likeness (QED) is 0.878. The van der Waals surface area contributed by atoms with Gasteiger partial charge in [0, 0.05) is 23.5 Å². The Morgan fingerprint density at radius 1 is 1.38 bits per heavy atom. The van der Waals surface area contributed by atoms with E-state index in [0.717, 1.165) is 17.4 Å². The maximum Gasteiger partial charge on any atom is 0.0967 e. The second-order valence-corrected chi connectivity index (χ2v) is 5.12. The first-order valence-corrected chi connectivity index (χ1v) is 6.60. The van der Waals surface area contributed by atoms with Crippen LogP contribution in [0.15, 0.2) is 33.7 Å². The first kappa shape index (κ1) is 11.6. The Bertz CT molecular complexity index is 387. The van der Waals surface area contributed by atoms with E-state index in [1.165, 1.54) is 24.2 Å². The Labute approximate surface area is 105 Å². The number of halogens is 1. The number of hydrogen-bond donors (Lipinski definition) is 1. The number of hydrogen-bond acceptors (Lipinski definition) is 2. The maximum absolute atomic E-state index is 4.51. The van der Waals surface area contributed by atoms with Crippen LogP contribution in [0, 0.1) is 0 Å². The molecule has 0 saturated heterocycles. The molecule has 2 nitrogen and oxygen atoms in total. The van der Waals surface area contributed by atoms with E-state index in [1.807, 2.05) is 6.07 Å². The number of benzene rings is 1. The summed E-state index contributed by atoms with van der Waals surface area (Å²) in [6, 6.07) is 8.75. The van der Waals surface area contributed by atoms with Crippen molar-refractivity contribution in [3.63, 3.8) is 0 Å². The minimum absolute atomic E-state index is 0.328. The molecule has 86 valence electrons. The van der Waals surface area contributed by atoms with Gasteiger partial charge in [0.2, 0.25) is 0 Å². The molecular formula is C13H17BrN2. The van der Waals surface area contributed by atoms with Crippen molar-refractivity contribution < 1.29 is 0 Å². The van der Waals surface area contributed by atoms with E-state index in [2.05, 4.69) is 51.4 Å². The molecule has 0 aliphatic carbocycles. The predicted molar refractivity (Wildman–Crippen MR) is 71.8 cm³/mol. The van der Waals surface area contributed by atoms with E-state index in [1.54, 1.807) is 0 Å². The zero-order chi connectivity index (χ0) is 11.4. The third-order valence-corrected chi connectivity index (χ3v) is 3.35. The minimum atomic E-state index is 0.328. The van der Waals surface area contributed by atoms with Gasteiger partial charge in [-0.25, -0.2) is 0 Å². The Morgan fingerprint density at radius 2 is 2.25 bits per heavy atom. The molecule has 0 bridgehead atoms. The van der Waals surface area contributed by atoms with Crippen LogP contribution in [-0.2, 0) is 0 Å². The molecule has 1 aromatic carbocycles. The number of amidine groups is 1. The normalized spacial score (nSPS) is 17.8. The molecule has 1 aliphatic heterocycles. The van der Waals surface area contributed by atoms with E-state index >= 15 is 0 Å². The highest BCUT2D eigenvalue weighted by Crippen LogP contribution is 2.18. The number of aliphatic imine (C=N–C) groups is 1. The Hall–Kier alpha value is -0.830. The summed E-state index contributed by atoms with van der Waals surface area (Å²) >= 11 is 3.50. The third-order valence-electron chi connectivity index (χ3n) is 2.86. The molecule has 1 aromatic rings. The molecular weight excluding hydrogens is 264 g/mol. The van der Waals surface area contributed by atoms with Crippen molar-refractivity contribution in [3.8, 4) is 0 Å². The zero-order valence-electron chi connectivity index (χ0n) is 9.54. The van der Waals surface area contributed by atoms with Crippen molar-refractivity contribution in [2.45, 2.75) is 32.2 Å². The summed E-state index contributed by atoms with van der Waals surface area (Å²) < 4.78 is 1.13. The van der Waals surface area contributed by atoms with Crippen LogP contribution in [0.5, 0.6) is 0 Å². The lowest BCUT2D eigenvalue weighted by atomic mass is 10.1. The Kier molecular flexibility index (Phi) is 3.99. The second-order valence-electron chi connectivity index (χ2n) is 4.21. The number of nitrogens with zero attached hydrogens (tertiary/aromatic N) is 1. The fourth-order valence-corrected chi connectivity index (χ4v) is 2.34. The lowest BCUT2D eigenvalue weighted by Crippen LogP contribution is -2.28. The summed E-state index contributed by atoms with van der Waals surface area (Å²) in [6.07, 6.45) is 3.59. The highest BCUT2D eigenvalue weighted by atomic mass is 79.9. The van der Waals surface area contributed by atoms with Crippen LogP contribution in [0.25, 0.3) is 0 Å². The highest BCUT2D eigenvalue weighted by Gasteiger charge is 2.10. The molecule has 0 unspecified atom stereocenters. The molecule has 1 heterocycles. The van der Waals surface area contributed by atoms with Gasteiger partial charge in [0.25, 0.3) is 0 Å². The third kappa shape index (κ3) is 3.08. The fourth-order valence-electron chi connectivity index (χ4n) is 1.92. The summed E-state index contributed by atoms with van der Waals surface area (Å²) in [5, 5.41) is 3.49. The van der Waals surface area contributed by atoms with Gasteiger partial charge < -0.3 is 5.32 Å². The molecule has 0 saturated carbocycles. The summed E-state index contributed by atoms with van der Waals surface area (Å²) in [4.78, 5) is 4.51. The zero-order valence-corrected chi connectivity index (χ0v) is 11.1. The van der Waals surface area contributed by atoms with E-state index in [9.17, 15) is 0 Å². The van der Waals surface area contributed by atoms with Crippen LogP contribution >= 0.6 is 15.9 Å². The Morgan fingerprint density at radius 3 is 2.94 bits per heavy atom. The van der Waals surface area contributed by atoms with Crippen molar-refractivity contribution in [2.24, 2.45) is 4.99 Å². The standard InChI is InChI=1S/C13H17BrN2/c1-10(11-5-4-6-12(14)9-11)16-13-7-2-3-8-15-13/h4-6,9-10H,2-3,7-8H2,1H3,(H,15,16)/t10-/m0/s1. The summed E-state index contributed by atoms with van der Waals surface area (Å²) in [5.74, 6) is 1.17. The monoisotopic (exact) mass is 280 g/mol. The van der Waals surface area contributed by atoms with Crippen LogP contribution in [0.4, 0.5) is 0 Å². The first-order chi connectivity index (χ1) is 7.75. The largest absolute Gasteiger partial charge is 0.367 e. The van der Waals surface area contributed by atoms with Crippen molar-refractivity contribution in [2.75, 3.05) is 6.54 Å². The average molecular weight is 281 g/mol. The van der Waals surface area contributed by atoms with Gasteiger partial charge in [0.05, 0.1) is 5.84 Å². The smallest absolute Gasteiger partial charge is 0.0967 e. The molecule has 0 aromatic heterocycles. The van der Waals surface area contributed by atoms with E-state index in [-0.39, 0.29) is 0 Å². The van der Waals surface area contributed by atoms with E-state index in [0.29, 0.717) is 6.04 Å². The van der Waals surface area contributed by atoms with Crippen LogP contribution in [0.1, 0.15) is 37.8 Å². The molecule has 1 atom stereocenters. The molecule has 3 heteroatoms. The Balaban J connectivity index is 2.02. The first-order valence-electron chi connectivity index (χ1n) is 5.81. The average Bonchev–Trinajstić information content (AvgIpc) is 2.30. The van der Waals surface area contributed by atoms with Crippen molar-refractivity contribution in [1.29, 1.82) is 0 Å². The predicted octanol–water partition coefficient (Wildman–Crippen LogP) is 3.68. The molecule has 0 fully saturated rings. The molecule has 0 spiro atoms. The van der Waals surface area contributed by atoms with Crippen LogP contribution in [0.2, 0.25) is 0 Å². The topological polar surface area (TPSA) is 24.4 Å². The number of nitrogens with one attached hydrogen (secondary N) is 1. The van der Waals surface area contributed by atoms with Gasteiger partial charge in [-0.1, -0.05) is 28.1 Å². The molecule has 1 aliphatic rings. The van der Waals surface area contributed by atoms with E-state index < -0.39 is 0 Å². The fraction of sp³-hybridized carbons (Fsp3) is 0.462. The molecule has 2 rings (SSSR count). The number of rotatable bonds is 2. The molecule has 16 heavy (non-hydrogen) atoms. The summed E-state index contributed by atoms with van der Waals surface area (Å²) in [5.41, 5.74) is 1.29. The van der Waals surface area contributed by atoms with Gasteiger partial charge in [-0.2, -0.15) is 0 Å². The van der Waals surface area contributed by atoms with Gasteiger partial charge in [-0.15, -0.1) is 0 Å². The SMILES string of the molecule is C[C@H](NC1=NCCCC1)c1cccc(Br)c1. The van der Waals surface area contributed by atoms with Crippen LogP contribution < -0.4 is 5.32 Å². The van der Waals surface area contributed by atoms with Crippen molar-refractivity contribution in [1.82, 2.24) is 5.32 Å².